The zero-order chi connectivity index (χ0) is 43.6. The molecule has 0 N–H and O–H groups in total. The number of anilines is 3. The predicted molar refractivity (Wildman–Crippen MR) is 242 cm³/mol. The van der Waals surface area contributed by atoms with Gasteiger partial charge >= 0.3 is 0 Å². The standard InChI is InChI=1S/C56H43N/c1-5-38-20-26-42(27-21-38)56(43-28-22-39(6-2)23-29-43)52-19-13-11-17-48(52)50-35-33-46(37-54(50)56)57(44-30-24-41(25-31-44)40-14-8-7-9-15-40)45-32-34-49-47-16-10-12-18-51(47)55(3,4)53(49)36-45/h5-37H,1-2H2,3-4H3/i1D2,2D2,5D,6D. The van der Waals surface area contributed by atoms with Crippen LogP contribution in [0.5, 0.6) is 0 Å². The molecule has 8 aromatic carbocycles. The summed E-state index contributed by atoms with van der Waals surface area (Å²) in [5.41, 5.74) is 16.4. The van der Waals surface area contributed by atoms with Crippen molar-refractivity contribution in [1.29, 1.82) is 0 Å². The Kier molecular flexibility index (Phi) is 6.67. The molecule has 0 fully saturated rings. The molecule has 0 radical (unpaired) electrons. The van der Waals surface area contributed by atoms with Crippen LogP contribution in [-0.2, 0) is 10.8 Å². The van der Waals surface area contributed by atoms with Crippen LogP contribution in [0, 0.1) is 0 Å². The molecule has 1 heteroatoms. The molecule has 0 saturated heterocycles. The van der Waals surface area contributed by atoms with Gasteiger partial charge in [-0.3, -0.25) is 0 Å². The maximum absolute atomic E-state index is 8.45. The van der Waals surface area contributed by atoms with Crippen LogP contribution in [0.25, 0.3) is 45.5 Å². The Bertz CT molecular complexity index is 3050. The Morgan fingerprint density at radius 3 is 1.49 bits per heavy atom. The molecule has 57 heavy (non-hydrogen) atoms. The van der Waals surface area contributed by atoms with E-state index in [9.17, 15) is 0 Å². The molecule has 0 amide bonds. The normalized spacial score (nSPS) is 15.2. The number of hydrogen-bond acceptors (Lipinski definition) is 1. The molecule has 2 aliphatic carbocycles. The molecule has 0 heterocycles. The lowest BCUT2D eigenvalue weighted by atomic mass is 9.67. The van der Waals surface area contributed by atoms with E-state index in [0.29, 0.717) is 11.1 Å². The third kappa shape index (κ3) is 5.30. The summed E-state index contributed by atoms with van der Waals surface area (Å²) in [6.07, 6.45) is 0. The lowest BCUT2D eigenvalue weighted by Gasteiger charge is -2.35. The zero-order valence-corrected chi connectivity index (χ0v) is 31.8. The highest BCUT2D eigenvalue weighted by Gasteiger charge is 2.46. The van der Waals surface area contributed by atoms with Crippen molar-refractivity contribution >= 4 is 29.2 Å². The minimum absolute atomic E-state index is 0.152. The van der Waals surface area contributed by atoms with E-state index in [2.05, 4.69) is 152 Å². The van der Waals surface area contributed by atoms with Crippen LogP contribution >= 0.6 is 0 Å². The second-order valence-corrected chi connectivity index (χ2v) is 15.6. The molecule has 0 spiro atoms. The van der Waals surface area contributed by atoms with Crippen LogP contribution in [-0.4, -0.2) is 0 Å². The van der Waals surface area contributed by atoms with Gasteiger partial charge in [-0.15, -0.1) is 0 Å². The maximum atomic E-state index is 8.45. The van der Waals surface area contributed by atoms with Crippen molar-refractivity contribution in [2.45, 2.75) is 24.7 Å². The minimum Gasteiger partial charge on any atom is -0.310 e. The van der Waals surface area contributed by atoms with Gasteiger partial charge < -0.3 is 4.90 Å². The monoisotopic (exact) mass is 735 g/mol. The highest BCUT2D eigenvalue weighted by Crippen LogP contribution is 2.58. The van der Waals surface area contributed by atoms with Crippen molar-refractivity contribution in [2.75, 3.05) is 4.90 Å². The summed E-state index contributed by atoms with van der Waals surface area (Å²) in [5, 5.41) is 0. The molecule has 10 rings (SSSR count). The zero-order valence-electron chi connectivity index (χ0n) is 37.8. The largest absolute Gasteiger partial charge is 0.310 e. The van der Waals surface area contributed by atoms with Crippen molar-refractivity contribution in [3.63, 3.8) is 0 Å². The quantitative estimate of drug-likeness (QED) is 0.150. The highest BCUT2D eigenvalue weighted by atomic mass is 15.1. The van der Waals surface area contributed by atoms with Crippen LogP contribution in [0.1, 0.15) is 66.6 Å². The molecule has 2 aliphatic rings. The van der Waals surface area contributed by atoms with E-state index in [-0.39, 0.29) is 17.5 Å². The molecule has 272 valence electrons. The lowest BCUT2D eigenvalue weighted by molar-refractivity contribution is 0.660. The Morgan fingerprint density at radius 2 is 0.895 bits per heavy atom. The molecular weight excluding hydrogens is 687 g/mol. The van der Waals surface area contributed by atoms with Crippen LogP contribution in [0.3, 0.4) is 0 Å². The number of rotatable bonds is 8. The molecule has 0 aromatic heterocycles. The van der Waals surface area contributed by atoms with Gasteiger partial charge in [0.15, 0.2) is 0 Å². The summed E-state index contributed by atoms with van der Waals surface area (Å²) in [4.78, 5) is 2.34. The highest BCUT2D eigenvalue weighted by molar-refractivity contribution is 5.91. The fraction of sp³-hybridized carbons (Fsp3) is 0.0714. The minimum atomic E-state index is -0.878. The average Bonchev–Trinajstić information content (AvgIpc) is 3.74. The molecule has 1 nitrogen and oxygen atoms in total. The van der Waals surface area contributed by atoms with Gasteiger partial charge in [-0.05, 0) is 114 Å². The van der Waals surface area contributed by atoms with Crippen LogP contribution in [0.15, 0.2) is 201 Å². The van der Waals surface area contributed by atoms with E-state index in [4.69, 9.17) is 8.22 Å². The van der Waals surface area contributed by atoms with E-state index in [1.165, 1.54) is 22.3 Å². The van der Waals surface area contributed by atoms with Crippen molar-refractivity contribution in [1.82, 2.24) is 0 Å². The summed E-state index contributed by atoms with van der Waals surface area (Å²) in [6, 6.07) is 64.9. The van der Waals surface area contributed by atoms with E-state index >= 15 is 0 Å². The van der Waals surface area contributed by atoms with Crippen molar-refractivity contribution in [3.8, 4) is 33.4 Å². The molecule has 0 saturated carbocycles. The topological polar surface area (TPSA) is 3.24 Å². The number of benzene rings is 8. The number of nitrogens with zero attached hydrogens (tertiary/aromatic N) is 1. The molecule has 0 bridgehead atoms. The molecule has 0 atom stereocenters. The SMILES string of the molecule is [2H]C([2H])=C([2H])c1ccc(C2(c3ccc(C([2H])=C([2H])[2H])cc3)c3ccccc3-c3ccc(N(c4ccc(-c5ccccc5)cc4)c4ccc5c(c4)C(C)(C)c4ccccc4-5)cc32)cc1. The van der Waals surface area contributed by atoms with Gasteiger partial charge in [-0.25, -0.2) is 0 Å². The van der Waals surface area contributed by atoms with Gasteiger partial charge in [0.25, 0.3) is 0 Å². The van der Waals surface area contributed by atoms with E-state index in [1.807, 2.05) is 54.6 Å². The summed E-state index contributed by atoms with van der Waals surface area (Å²) < 4.78 is 48.3. The second kappa shape index (κ2) is 13.4. The fourth-order valence-electron chi connectivity index (χ4n) is 9.51. The van der Waals surface area contributed by atoms with Gasteiger partial charge in [0.2, 0.25) is 0 Å². The predicted octanol–water partition coefficient (Wildman–Crippen LogP) is 14.8. The van der Waals surface area contributed by atoms with E-state index in [1.54, 1.807) is 0 Å². The summed E-state index contributed by atoms with van der Waals surface area (Å²) in [7, 11) is 0. The molecule has 0 aliphatic heterocycles. The Hall–Kier alpha value is -6.96. The third-order valence-electron chi connectivity index (χ3n) is 12.3. The smallest absolute Gasteiger partial charge is 0.0714 e. The molecular formula is C56H43N. The van der Waals surface area contributed by atoms with Gasteiger partial charge in [0.05, 0.1) is 13.6 Å². The Balaban J connectivity index is 1.22. The van der Waals surface area contributed by atoms with Gasteiger partial charge in [0.1, 0.15) is 0 Å². The first-order valence-corrected chi connectivity index (χ1v) is 19.4. The number of hydrogen-bond donors (Lipinski definition) is 0. The van der Waals surface area contributed by atoms with E-state index < -0.39 is 18.5 Å². The van der Waals surface area contributed by atoms with E-state index in [0.717, 1.165) is 61.6 Å². The fourth-order valence-corrected chi connectivity index (χ4v) is 9.51. The first kappa shape index (κ1) is 28.4. The van der Waals surface area contributed by atoms with Crippen molar-refractivity contribution < 1.29 is 8.22 Å². The number of fused-ring (bicyclic) bond motifs is 6. The maximum Gasteiger partial charge on any atom is 0.0714 e. The summed E-state index contributed by atoms with van der Waals surface area (Å²) in [6.45, 7) is 3.52. The Labute approximate surface area is 345 Å². The van der Waals surface area contributed by atoms with Gasteiger partial charge in [-0.2, -0.15) is 0 Å². The molecule has 8 aromatic rings. The molecule has 0 unspecified atom stereocenters. The van der Waals surface area contributed by atoms with Crippen molar-refractivity contribution in [3.05, 3.63) is 246 Å². The van der Waals surface area contributed by atoms with Gasteiger partial charge in [0, 0.05) is 22.5 Å². The first-order valence-electron chi connectivity index (χ1n) is 22.4. The van der Waals surface area contributed by atoms with Crippen molar-refractivity contribution in [2.24, 2.45) is 0 Å². The van der Waals surface area contributed by atoms with Crippen LogP contribution in [0.4, 0.5) is 17.1 Å². The Morgan fingerprint density at radius 1 is 0.439 bits per heavy atom. The second-order valence-electron chi connectivity index (χ2n) is 15.6. The summed E-state index contributed by atoms with van der Waals surface area (Å²) >= 11 is 0. The average molecular weight is 736 g/mol. The first-order chi connectivity index (χ1) is 30.5. The van der Waals surface area contributed by atoms with Crippen LogP contribution < -0.4 is 4.90 Å². The lowest BCUT2D eigenvalue weighted by Crippen LogP contribution is -2.29. The third-order valence-corrected chi connectivity index (χ3v) is 12.3. The van der Waals surface area contributed by atoms with Crippen LogP contribution in [0.2, 0.25) is 0 Å². The summed E-state index contributed by atoms with van der Waals surface area (Å²) in [5.74, 6) is 0. The van der Waals surface area contributed by atoms with Gasteiger partial charge in [-0.1, -0.05) is 191 Å².